The maximum Gasteiger partial charge on any atom is 0.227 e. The molecule has 0 spiro atoms. The zero-order chi connectivity index (χ0) is 10.5. The van der Waals surface area contributed by atoms with Crippen LogP contribution in [-0.4, -0.2) is 12.1 Å². The summed E-state index contributed by atoms with van der Waals surface area (Å²) in [6.45, 7) is 0. The summed E-state index contributed by atoms with van der Waals surface area (Å²) in [4.78, 5) is 11.5. The van der Waals surface area contributed by atoms with E-state index in [1.807, 2.05) is 36.4 Å². The molecule has 0 bridgehead atoms. The van der Waals surface area contributed by atoms with Crippen molar-refractivity contribution >= 4 is 5.91 Å². The monoisotopic (exact) mass is 203 g/mol. The zero-order valence-corrected chi connectivity index (χ0v) is 8.35. The van der Waals surface area contributed by atoms with Gasteiger partial charge in [0.15, 0.2) is 6.23 Å². The van der Waals surface area contributed by atoms with E-state index in [0.29, 0.717) is 6.42 Å². The Balaban J connectivity index is 1.82. The van der Waals surface area contributed by atoms with Gasteiger partial charge in [-0.2, -0.15) is 0 Å². The standard InChI is InChI=1S/C12H13NO2/c14-11(13-12-7-4-8-15-12)9-10-5-2-1-3-6-10/h1-6,8,12H,7,9H2,(H,13,14). The Morgan fingerprint density at radius 2 is 2.20 bits per heavy atom. The summed E-state index contributed by atoms with van der Waals surface area (Å²) in [6, 6.07) is 9.67. The summed E-state index contributed by atoms with van der Waals surface area (Å²) in [5, 5.41) is 2.80. The Bertz CT molecular complexity index is 351. The van der Waals surface area contributed by atoms with Crippen LogP contribution >= 0.6 is 0 Å². The average molecular weight is 203 g/mol. The third kappa shape index (κ3) is 2.84. The largest absolute Gasteiger partial charge is 0.478 e. The Morgan fingerprint density at radius 1 is 1.40 bits per heavy atom. The molecule has 3 nitrogen and oxygen atoms in total. The summed E-state index contributed by atoms with van der Waals surface area (Å²) < 4.78 is 5.15. The van der Waals surface area contributed by atoms with Gasteiger partial charge in [0.25, 0.3) is 0 Å². The van der Waals surface area contributed by atoms with Gasteiger partial charge in [0.1, 0.15) is 0 Å². The van der Waals surface area contributed by atoms with Gasteiger partial charge in [-0.25, -0.2) is 0 Å². The summed E-state index contributed by atoms with van der Waals surface area (Å²) >= 11 is 0. The van der Waals surface area contributed by atoms with Crippen molar-refractivity contribution in [3.63, 3.8) is 0 Å². The highest BCUT2D eigenvalue weighted by Crippen LogP contribution is 2.06. The molecular formula is C12H13NO2. The second-order valence-electron chi connectivity index (χ2n) is 3.46. The fourth-order valence-corrected chi connectivity index (χ4v) is 1.49. The van der Waals surface area contributed by atoms with E-state index in [1.165, 1.54) is 0 Å². The molecule has 1 unspecified atom stereocenters. The van der Waals surface area contributed by atoms with E-state index in [-0.39, 0.29) is 12.1 Å². The first kappa shape index (κ1) is 9.77. The van der Waals surface area contributed by atoms with Crippen molar-refractivity contribution in [2.45, 2.75) is 19.1 Å². The van der Waals surface area contributed by atoms with Gasteiger partial charge in [-0.15, -0.1) is 0 Å². The maximum absolute atomic E-state index is 11.5. The Morgan fingerprint density at radius 3 is 2.87 bits per heavy atom. The smallest absolute Gasteiger partial charge is 0.227 e. The van der Waals surface area contributed by atoms with Crippen LogP contribution in [0, 0.1) is 0 Å². The second kappa shape index (κ2) is 4.64. The van der Waals surface area contributed by atoms with Crippen molar-refractivity contribution in [2.24, 2.45) is 0 Å². The molecule has 0 fully saturated rings. The van der Waals surface area contributed by atoms with E-state index in [0.717, 1.165) is 12.0 Å². The Labute approximate surface area is 88.8 Å². The van der Waals surface area contributed by atoms with Crippen LogP contribution < -0.4 is 5.32 Å². The van der Waals surface area contributed by atoms with Crippen LogP contribution in [0.15, 0.2) is 42.7 Å². The first-order valence-electron chi connectivity index (χ1n) is 4.98. The molecule has 0 saturated heterocycles. The molecule has 1 N–H and O–H groups in total. The predicted molar refractivity (Wildman–Crippen MR) is 56.9 cm³/mol. The van der Waals surface area contributed by atoms with Crippen LogP contribution in [0.3, 0.4) is 0 Å². The second-order valence-corrected chi connectivity index (χ2v) is 3.46. The van der Waals surface area contributed by atoms with Crippen molar-refractivity contribution in [3.05, 3.63) is 48.2 Å². The molecule has 0 aliphatic carbocycles. The normalized spacial score (nSPS) is 18.5. The number of carbonyl (C=O) groups excluding carboxylic acids is 1. The minimum atomic E-state index is -0.179. The number of carbonyl (C=O) groups is 1. The summed E-state index contributed by atoms with van der Waals surface area (Å²) in [7, 11) is 0. The first-order valence-corrected chi connectivity index (χ1v) is 4.98. The first-order chi connectivity index (χ1) is 7.34. The molecule has 0 radical (unpaired) electrons. The minimum Gasteiger partial charge on any atom is -0.478 e. The number of amides is 1. The Kier molecular flexibility index (Phi) is 3.02. The van der Waals surface area contributed by atoms with Gasteiger partial charge in [0.05, 0.1) is 12.7 Å². The lowest BCUT2D eigenvalue weighted by Gasteiger charge is -2.12. The van der Waals surface area contributed by atoms with Gasteiger partial charge in [0, 0.05) is 6.42 Å². The molecule has 1 aromatic carbocycles. The topological polar surface area (TPSA) is 38.3 Å². The van der Waals surface area contributed by atoms with E-state index < -0.39 is 0 Å². The highest BCUT2D eigenvalue weighted by Gasteiger charge is 2.13. The van der Waals surface area contributed by atoms with Crippen LogP contribution in [0.1, 0.15) is 12.0 Å². The number of hydrogen-bond donors (Lipinski definition) is 1. The molecule has 1 atom stereocenters. The number of ether oxygens (including phenoxy) is 1. The van der Waals surface area contributed by atoms with Gasteiger partial charge in [-0.3, -0.25) is 4.79 Å². The molecule has 1 aliphatic rings. The van der Waals surface area contributed by atoms with E-state index in [4.69, 9.17) is 4.74 Å². The van der Waals surface area contributed by atoms with Crippen LogP contribution in [-0.2, 0) is 16.0 Å². The molecule has 3 heteroatoms. The molecule has 0 saturated carbocycles. The van der Waals surface area contributed by atoms with Crippen molar-refractivity contribution < 1.29 is 9.53 Å². The number of nitrogens with one attached hydrogen (secondary N) is 1. The molecule has 2 rings (SSSR count). The molecule has 0 aromatic heterocycles. The van der Waals surface area contributed by atoms with Crippen molar-refractivity contribution in [3.8, 4) is 0 Å². The molecule has 15 heavy (non-hydrogen) atoms. The lowest BCUT2D eigenvalue weighted by Crippen LogP contribution is -2.35. The van der Waals surface area contributed by atoms with Crippen molar-refractivity contribution in [1.29, 1.82) is 0 Å². The molecule has 78 valence electrons. The minimum absolute atomic E-state index is 0.00472. The van der Waals surface area contributed by atoms with Crippen LogP contribution in [0.25, 0.3) is 0 Å². The van der Waals surface area contributed by atoms with Crippen LogP contribution in [0.2, 0.25) is 0 Å². The van der Waals surface area contributed by atoms with E-state index in [9.17, 15) is 4.79 Å². The lowest BCUT2D eigenvalue weighted by molar-refractivity contribution is -0.123. The van der Waals surface area contributed by atoms with Gasteiger partial charge in [-0.1, -0.05) is 30.3 Å². The summed E-state index contributed by atoms with van der Waals surface area (Å²) in [5.74, 6) is -0.00472. The molecular weight excluding hydrogens is 190 g/mol. The highest BCUT2D eigenvalue weighted by atomic mass is 16.5. The fourth-order valence-electron chi connectivity index (χ4n) is 1.49. The summed E-state index contributed by atoms with van der Waals surface area (Å²) in [6.07, 6.45) is 4.49. The van der Waals surface area contributed by atoms with Crippen LogP contribution in [0.5, 0.6) is 0 Å². The zero-order valence-electron chi connectivity index (χ0n) is 8.35. The van der Waals surface area contributed by atoms with Gasteiger partial charge in [-0.05, 0) is 11.6 Å². The van der Waals surface area contributed by atoms with Gasteiger partial charge >= 0.3 is 0 Å². The fraction of sp³-hybridized carbons (Fsp3) is 0.250. The van der Waals surface area contributed by atoms with Gasteiger partial charge < -0.3 is 10.1 Å². The van der Waals surface area contributed by atoms with E-state index in [1.54, 1.807) is 6.26 Å². The molecule has 1 aromatic rings. The summed E-state index contributed by atoms with van der Waals surface area (Å²) in [5.41, 5.74) is 1.01. The molecule has 1 amide bonds. The van der Waals surface area contributed by atoms with E-state index >= 15 is 0 Å². The van der Waals surface area contributed by atoms with Gasteiger partial charge in [0.2, 0.25) is 5.91 Å². The van der Waals surface area contributed by atoms with Crippen molar-refractivity contribution in [2.75, 3.05) is 0 Å². The number of benzene rings is 1. The quantitative estimate of drug-likeness (QED) is 0.810. The lowest BCUT2D eigenvalue weighted by atomic mass is 10.1. The number of rotatable bonds is 3. The maximum atomic E-state index is 11.5. The SMILES string of the molecule is O=C(Cc1ccccc1)NC1CC=CO1. The average Bonchev–Trinajstić information content (AvgIpc) is 2.71. The van der Waals surface area contributed by atoms with Crippen molar-refractivity contribution in [1.82, 2.24) is 5.32 Å². The van der Waals surface area contributed by atoms with Crippen LogP contribution in [0.4, 0.5) is 0 Å². The highest BCUT2D eigenvalue weighted by molar-refractivity contribution is 5.78. The molecule has 1 aliphatic heterocycles. The Hall–Kier alpha value is -1.77. The van der Waals surface area contributed by atoms with E-state index in [2.05, 4.69) is 5.32 Å². The third-order valence-corrected chi connectivity index (χ3v) is 2.22. The molecule has 1 heterocycles. The third-order valence-electron chi connectivity index (χ3n) is 2.22. The number of hydrogen-bond acceptors (Lipinski definition) is 2. The predicted octanol–water partition coefficient (Wildman–Crippen LogP) is 1.61.